The van der Waals surface area contributed by atoms with Gasteiger partial charge in [0.1, 0.15) is 12.2 Å². The number of aromatic nitrogens is 4. The van der Waals surface area contributed by atoms with E-state index in [0.717, 1.165) is 48.9 Å². The van der Waals surface area contributed by atoms with E-state index in [2.05, 4.69) is 80.6 Å². The topological polar surface area (TPSA) is 73.6 Å². The summed E-state index contributed by atoms with van der Waals surface area (Å²) in [4.78, 5) is 21.1. The summed E-state index contributed by atoms with van der Waals surface area (Å²) in [7, 11) is 1.97. The van der Waals surface area contributed by atoms with Crippen molar-refractivity contribution in [1.29, 1.82) is 0 Å². The number of anilines is 2. The van der Waals surface area contributed by atoms with E-state index in [1.54, 1.807) is 6.33 Å². The van der Waals surface area contributed by atoms with E-state index in [4.69, 9.17) is 4.98 Å². The van der Waals surface area contributed by atoms with Crippen molar-refractivity contribution in [3.05, 3.63) is 96.3 Å². The molecule has 210 valence electrons. The first kappa shape index (κ1) is 26.9. The summed E-state index contributed by atoms with van der Waals surface area (Å²) in [5.74, 6) is 1.52. The van der Waals surface area contributed by atoms with Gasteiger partial charge in [0, 0.05) is 63.3 Å². The molecule has 1 aliphatic rings. The Bertz CT molecular complexity index is 1610. The maximum absolute atomic E-state index is 11.1. The van der Waals surface area contributed by atoms with E-state index >= 15 is 0 Å². The highest BCUT2D eigenvalue weighted by Crippen LogP contribution is 2.31. The lowest BCUT2D eigenvalue weighted by atomic mass is 10.1. The zero-order valence-electron chi connectivity index (χ0n) is 24.0. The van der Waals surface area contributed by atoms with Gasteiger partial charge in [-0.2, -0.15) is 0 Å². The summed E-state index contributed by atoms with van der Waals surface area (Å²) >= 11 is 0. The van der Waals surface area contributed by atoms with Crippen LogP contribution in [0.2, 0.25) is 0 Å². The Morgan fingerprint density at radius 3 is 2.29 bits per heavy atom. The molecule has 1 fully saturated rings. The van der Waals surface area contributed by atoms with Crippen molar-refractivity contribution in [2.24, 2.45) is 0 Å². The summed E-state index contributed by atoms with van der Waals surface area (Å²) in [6.45, 7) is 9.20. The van der Waals surface area contributed by atoms with Gasteiger partial charge in [-0.15, -0.1) is 0 Å². The number of aliphatic hydroxyl groups is 1. The molecule has 1 unspecified atom stereocenters. The molecule has 1 N–H and O–H groups in total. The van der Waals surface area contributed by atoms with Crippen molar-refractivity contribution in [2.75, 3.05) is 56.1 Å². The van der Waals surface area contributed by atoms with Gasteiger partial charge in [-0.25, -0.2) is 15.0 Å². The van der Waals surface area contributed by atoms with Crippen LogP contribution in [-0.4, -0.2) is 81.9 Å². The molecular formula is C33H37N7O. The number of aliphatic hydroxyl groups excluding tert-OH is 1. The summed E-state index contributed by atoms with van der Waals surface area (Å²) in [5.41, 5.74) is 7.44. The van der Waals surface area contributed by atoms with Gasteiger partial charge < -0.3 is 14.9 Å². The fraction of sp³-hybridized carbons (Fsp3) is 0.303. The van der Waals surface area contributed by atoms with Crippen LogP contribution in [0.1, 0.15) is 11.1 Å². The normalized spacial score (nSPS) is 14.9. The minimum atomic E-state index is -0.526. The maximum atomic E-state index is 11.1. The van der Waals surface area contributed by atoms with Crippen LogP contribution >= 0.6 is 0 Å². The Morgan fingerprint density at radius 2 is 1.56 bits per heavy atom. The number of benzene rings is 3. The van der Waals surface area contributed by atoms with E-state index < -0.39 is 6.10 Å². The first-order valence-corrected chi connectivity index (χ1v) is 14.3. The Morgan fingerprint density at radius 1 is 0.854 bits per heavy atom. The Labute approximate surface area is 241 Å². The minimum Gasteiger partial charge on any atom is -0.390 e. The molecule has 8 heteroatoms. The molecule has 8 nitrogen and oxygen atoms in total. The number of β-amino-alcohol motifs (C(OH)–C–C–N with tert-alkyl or cyclic N) is 1. The number of imidazole rings is 1. The first-order chi connectivity index (χ1) is 20.0. The zero-order chi connectivity index (χ0) is 28.3. The van der Waals surface area contributed by atoms with Crippen molar-refractivity contribution in [2.45, 2.75) is 20.0 Å². The van der Waals surface area contributed by atoms with Crippen LogP contribution in [0.5, 0.6) is 0 Å². The molecule has 1 aliphatic heterocycles. The monoisotopic (exact) mass is 547 g/mol. The predicted molar refractivity (Wildman–Crippen MR) is 166 cm³/mol. The second kappa shape index (κ2) is 11.7. The Hall–Kier alpha value is -4.27. The Kier molecular flexibility index (Phi) is 7.67. The number of aryl methyl sites for hydroxylation is 1. The summed E-state index contributed by atoms with van der Waals surface area (Å²) in [6.07, 6.45) is 1.06. The molecule has 0 radical (unpaired) electrons. The average Bonchev–Trinajstić information content (AvgIpc) is 3.40. The SMILES string of the molecule is Cc1cccc(N2CCN(CC(O)CN(C)c3ncnc4c3nc(-c3ccccc3)n4-c3ccccc3)CC2)c1C. The molecule has 0 aliphatic carbocycles. The van der Waals surface area contributed by atoms with Crippen LogP contribution in [0.3, 0.4) is 0 Å². The summed E-state index contributed by atoms with van der Waals surface area (Å²) in [5, 5.41) is 11.1. The molecule has 5 aromatic rings. The first-order valence-electron chi connectivity index (χ1n) is 14.3. The quantitative estimate of drug-likeness (QED) is 0.301. The molecule has 2 aromatic heterocycles. The number of para-hydroxylation sites is 1. The van der Waals surface area contributed by atoms with Gasteiger partial charge in [0.05, 0.1) is 6.10 Å². The van der Waals surface area contributed by atoms with Crippen molar-refractivity contribution < 1.29 is 5.11 Å². The van der Waals surface area contributed by atoms with E-state index in [1.807, 2.05) is 48.3 Å². The van der Waals surface area contributed by atoms with Crippen LogP contribution in [0, 0.1) is 13.8 Å². The predicted octanol–water partition coefficient (Wildman–Crippen LogP) is 4.72. The highest BCUT2D eigenvalue weighted by atomic mass is 16.3. The largest absolute Gasteiger partial charge is 0.390 e. The third-order valence-electron chi connectivity index (χ3n) is 8.08. The molecule has 0 saturated carbocycles. The smallest absolute Gasteiger partial charge is 0.170 e. The number of nitrogens with zero attached hydrogens (tertiary/aromatic N) is 7. The molecule has 41 heavy (non-hydrogen) atoms. The molecular weight excluding hydrogens is 510 g/mol. The number of piperazine rings is 1. The van der Waals surface area contributed by atoms with Gasteiger partial charge >= 0.3 is 0 Å². The standard InChI is InChI=1S/C33H37N7O/c1-24-11-10-16-29(25(24)2)39-19-17-38(18-20-39)22-28(41)21-37(3)32-30-33(35-23-34-32)40(27-14-8-5-9-15-27)31(36-30)26-12-6-4-7-13-26/h4-16,23,28,41H,17-22H2,1-3H3. The lowest BCUT2D eigenvalue weighted by molar-refractivity contribution is 0.114. The third-order valence-corrected chi connectivity index (χ3v) is 8.08. The second-order valence-electron chi connectivity index (χ2n) is 10.9. The van der Waals surface area contributed by atoms with Gasteiger partial charge in [-0.05, 0) is 43.2 Å². The summed E-state index contributed by atoms with van der Waals surface area (Å²) in [6, 6.07) is 26.8. The van der Waals surface area contributed by atoms with Crippen molar-refractivity contribution in [1.82, 2.24) is 24.4 Å². The Balaban J connectivity index is 1.19. The van der Waals surface area contributed by atoms with Crippen LogP contribution in [-0.2, 0) is 0 Å². The van der Waals surface area contributed by atoms with Crippen molar-refractivity contribution in [3.8, 4) is 17.1 Å². The molecule has 3 aromatic carbocycles. The zero-order valence-corrected chi connectivity index (χ0v) is 24.0. The molecule has 0 bridgehead atoms. The van der Waals surface area contributed by atoms with Crippen LogP contribution in [0.25, 0.3) is 28.2 Å². The van der Waals surface area contributed by atoms with E-state index in [1.165, 1.54) is 16.8 Å². The van der Waals surface area contributed by atoms with Gasteiger partial charge in [-0.1, -0.05) is 60.7 Å². The molecule has 1 atom stereocenters. The lowest BCUT2D eigenvalue weighted by Crippen LogP contribution is -2.50. The lowest BCUT2D eigenvalue weighted by Gasteiger charge is -2.38. The second-order valence-corrected chi connectivity index (χ2v) is 10.9. The third kappa shape index (κ3) is 5.53. The van der Waals surface area contributed by atoms with Crippen LogP contribution in [0.15, 0.2) is 85.2 Å². The highest BCUT2D eigenvalue weighted by Gasteiger charge is 2.24. The van der Waals surface area contributed by atoms with Gasteiger partial charge in [-0.3, -0.25) is 9.47 Å². The van der Waals surface area contributed by atoms with E-state index in [-0.39, 0.29) is 0 Å². The van der Waals surface area contributed by atoms with Crippen LogP contribution < -0.4 is 9.80 Å². The summed E-state index contributed by atoms with van der Waals surface area (Å²) < 4.78 is 2.08. The number of fused-ring (bicyclic) bond motifs is 1. The highest BCUT2D eigenvalue weighted by molar-refractivity contribution is 5.88. The van der Waals surface area contributed by atoms with E-state index in [9.17, 15) is 5.11 Å². The van der Waals surface area contributed by atoms with Crippen molar-refractivity contribution >= 4 is 22.7 Å². The molecule has 6 rings (SSSR count). The number of hydrogen-bond acceptors (Lipinski definition) is 7. The number of likely N-dealkylation sites (N-methyl/N-ethyl adjacent to an activating group) is 1. The van der Waals surface area contributed by atoms with Crippen molar-refractivity contribution in [3.63, 3.8) is 0 Å². The van der Waals surface area contributed by atoms with Gasteiger partial charge in [0.2, 0.25) is 0 Å². The van der Waals surface area contributed by atoms with Gasteiger partial charge in [0.25, 0.3) is 0 Å². The van der Waals surface area contributed by atoms with Gasteiger partial charge in [0.15, 0.2) is 17.0 Å². The fourth-order valence-electron chi connectivity index (χ4n) is 5.77. The molecule has 0 amide bonds. The van der Waals surface area contributed by atoms with Crippen LogP contribution in [0.4, 0.5) is 11.5 Å². The number of rotatable bonds is 8. The molecule has 0 spiro atoms. The minimum absolute atomic E-state index is 0.447. The number of hydrogen-bond donors (Lipinski definition) is 1. The average molecular weight is 548 g/mol. The maximum Gasteiger partial charge on any atom is 0.170 e. The fourth-order valence-corrected chi connectivity index (χ4v) is 5.77. The van der Waals surface area contributed by atoms with E-state index in [0.29, 0.717) is 24.4 Å². The molecule has 1 saturated heterocycles. The molecule has 3 heterocycles.